The van der Waals surface area contributed by atoms with Crippen molar-refractivity contribution in [3.63, 3.8) is 0 Å². The Morgan fingerprint density at radius 1 is 1.27 bits per heavy atom. The molecule has 0 aliphatic rings. The molecule has 2 aromatic heterocycles. The molecule has 2 heterocycles. The Kier molecular flexibility index (Phi) is 5.35. The number of hydrogen-bond acceptors (Lipinski definition) is 5. The molecule has 3 aromatic rings. The number of anilines is 2. The largest absolute Gasteiger partial charge is 0.478 e. The Morgan fingerprint density at radius 3 is 2.58 bits per heavy atom. The quantitative estimate of drug-likeness (QED) is 0.560. The normalized spacial score (nSPS) is 10.5. The zero-order valence-corrected chi connectivity index (χ0v) is 15.6. The first-order chi connectivity index (χ1) is 12.5. The van der Waals surface area contributed by atoms with Crippen LogP contribution in [0.1, 0.15) is 21.6 Å². The molecular formula is C19H16ClN3O2S. The number of aromatic carboxylic acids is 1. The Bertz CT molecular complexity index is 967. The van der Waals surface area contributed by atoms with Crippen LogP contribution < -0.4 is 5.32 Å². The maximum atomic E-state index is 11.0. The molecule has 0 bridgehead atoms. The summed E-state index contributed by atoms with van der Waals surface area (Å²) in [5.41, 5.74) is 2.76. The maximum Gasteiger partial charge on any atom is 0.335 e. The van der Waals surface area contributed by atoms with E-state index in [1.165, 1.54) is 11.3 Å². The van der Waals surface area contributed by atoms with Crippen LogP contribution in [-0.2, 0) is 6.42 Å². The second-order valence-electron chi connectivity index (χ2n) is 5.56. The second kappa shape index (κ2) is 7.68. The van der Waals surface area contributed by atoms with E-state index in [9.17, 15) is 4.79 Å². The number of carboxylic acids is 1. The number of nitrogens with one attached hydrogen (secondary N) is 1. The number of halogens is 1. The van der Waals surface area contributed by atoms with Crippen LogP contribution in [0, 0.1) is 6.92 Å². The van der Waals surface area contributed by atoms with Gasteiger partial charge in [0.25, 0.3) is 0 Å². The zero-order chi connectivity index (χ0) is 18.7. The molecule has 26 heavy (non-hydrogen) atoms. The summed E-state index contributed by atoms with van der Waals surface area (Å²) in [4.78, 5) is 21.1. The van der Waals surface area contributed by atoms with E-state index in [0.29, 0.717) is 22.4 Å². The number of hydrogen-bond donors (Lipinski definition) is 2. The molecule has 1 aromatic carbocycles. The number of aryl methyl sites for hydroxylation is 1. The minimum atomic E-state index is -0.960. The Hall–Kier alpha value is -2.70. The Morgan fingerprint density at radius 2 is 2.00 bits per heavy atom. The average Bonchev–Trinajstić information content (AvgIpc) is 3.04. The van der Waals surface area contributed by atoms with E-state index in [2.05, 4.69) is 21.9 Å². The summed E-state index contributed by atoms with van der Waals surface area (Å²) < 4.78 is 0.676. The zero-order valence-electron chi connectivity index (χ0n) is 14.0. The first-order valence-corrected chi connectivity index (χ1v) is 9.02. The van der Waals surface area contributed by atoms with Gasteiger partial charge in [-0.15, -0.1) is 17.9 Å². The highest BCUT2D eigenvalue weighted by molar-refractivity contribution is 7.19. The van der Waals surface area contributed by atoms with E-state index in [1.807, 2.05) is 19.1 Å². The standard InChI is InChI=1S/C19H16ClN3O2S/c1-3-4-14-11(2)21-18(15-9-10-16(20)26-15)23-17(14)22-13-7-5-12(6-8-13)19(24)25/h3,5-10H,1,4H2,2H3,(H,24,25)(H,21,22,23). The maximum absolute atomic E-state index is 11.0. The molecule has 3 rings (SSSR count). The number of carboxylic acid groups (broad SMARTS) is 1. The summed E-state index contributed by atoms with van der Waals surface area (Å²) in [6.45, 7) is 5.72. The van der Waals surface area contributed by atoms with E-state index >= 15 is 0 Å². The van der Waals surface area contributed by atoms with E-state index in [0.717, 1.165) is 21.8 Å². The number of nitrogens with zero attached hydrogens (tertiary/aromatic N) is 2. The molecule has 0 unspecified atom stereocenters. The molecule has 0 aliphatic carbocycles. The average molecular weight is 386 g/mol. The van der Waals surface area contributed by atoms with Gasteiger partial charge in [0.15, 0.2) is 5.82 Å². The molecule has 0 fully saturated rings. The molecule has 7 heteroatoms. The summed E-state index contributed by atoms with van der Waals surface area (Å²) >= 11 is 7.44. The molecule has 0 saturated carbocycles. The first-order valence-electron chi connectivity index (χ1n) is 7.82. The number of rotatable bonds is 6. The van der Waals surface area contributed by atoms with Crippen molar-refractivity contribution < 1.29 is 9.90 Å². The summed E-state index contributed by atoms with van der Waals surface area (Å²) in [7, 11) is 0. The van der Waals surface area contributed by atoms with Crippen LogP contribution in [0.3, 0.4) is 0 Å². The lowest BCUT2D eigenvalue weighted by molar-refractivity contribution is 0.0697. The van der Waals surface area contributed by atoms with Crippen LogP contribution in [0.15, 0.2) is 49.1 Å². The number of allylic oxidation sites excluding steroid dienone is 1. The van der Waals surface area contributed by atoms with Gasteiger partial charge < -0.3 is 10.4 Å². The van der Waals surface area contributed by atoms with E-state index in [-0.39, 0.29) is 5.56 Å². The molecular weight excluding hydrogens is 370 g/mol. The van der Waals surface area contributed by atoms with Gasteiger partial charge in [-0.2, -0.15) is 0 Å². The number of thiophene rings is 1. The highest BCUT2D eigenvalue weighted by atomic mass is 35.5. The molecule has 0 aliphatic heterocycles. The molecule has 0 saturated heterocycles. The van der Waals surface area contributed by atoms with Crippen LogP contribution in [0.4, 0.5) is 11.5 Å². The Labute approximate surface area is 160 Å². The third-order valence-corrected chi connectivity index (χ3v) is 4.98. The SMILES string of the molecule is C=CCc1c(C)nc(-c2ccc(Cl)s2)nc1Nc1ccc(C(=O)O)cc1. The number of aromatic nitrogens is 2. The highest BCUT2D eigenvalue weighted by Gasteiger charge is 2.14. The van der Waals surface area contributed by atoms with Crippen molar-refractivity contribution in [2.75, 3.05) is 5.32 Å². The minimum absolute atomic E-state index is 0.231. The second-order valence-corrected chi connectivity index (χ2v) is 7.28. The molecule has 0 amide bonds. The van der Waals surface area contributed by atoms with Gasteiger partial charge in [0.1, 0.15) is 5.82 Å². The highest BCUT2D eigenvalue weighted by Crippen LogP contribution is 2.31. The van der Waals surface area contributed by atoms with Gasteiger partial charge in [0, 0.05) is 16.9 Å². The van der Waals surface area contributed by atoms with E-state index in [1.54, 1.807) is 30.3 Å². The lowest BCUT2D eigenvalue weighted by Crippen LogP contribution is -2.05. The topological polar surface area (TPSA) is 75.1 Å². The van der Waals surface area contributed by atoms with Gasteiger partial charge in [-0.05, 0) is 49.7 Å². The number of benzene rings is 1. The van der Waals surface area contributed by atoms with Crippen molar-refractivity contribution in [1.82, 2.24) is 9.97 Å². The molecule has 132 valence electrons. The van der Waals surface area contributed by atoms with Gasteiger partial charge in [-0.1, -0.05) is 17.7 Å². The van der Waals surface area contributed by atoms with Crippen molar-refractivity contribution in [3.05, 3.63) is 70.2 Å². The first kappa shape index (κ1) is 18.1. The van der Waals surface area contributed by atoms with Crippen LogP contribution in [0.2, 0.25) is 4.34 Å². The predicted molar refractivity (Wildman–Crippen MR) is 106 cm³/mol. The van der Waals surface area contributed by atoms with Crippen molar-refractivity contribution in [2.45, 2.75) is 13.3 Å². The van der Waals surface area contributed by atoms with Crippen molar-refractivity contribution in [2.24, 2.45) is 0 Å². The van der Waals surface area contributed by atoms with E-state index < -0.39 is 5.97 Å². The van der Waals surface area contributed by atoms with Gasteiger partial charge in [-0.3, -0.25) is 0 Å². The predicted octanol–water partition coefficient (Wildman–Crippen LogP) is 5.34. The molecule has 0 atom stereocenters. The fraction of sp³-hybridized carbons (Fsp3) is 0.105. The van der Waals surface area contributed by atoms with Crippen LogP contribution in [0.25, 0.3) is 10.7 Å². The van der Waals surface area contributed by atoms with Gasteiger partial charge >= 0.3 is 5.97 Å². The molecule has 0 radical (unpaired) electrons. The summed E-state index contributed by atoms with van der Waals surface area (Å²) in [6.07, 6.45) is 2.42. The smallest absolute Gasteiger partial charge is 0.335 e. The molecule has 0 spiro atoms. The fourth-order valence-electron chi connectivity index (χ4n) is 2.47. The minimum Gasteiger partial charge on any atom is -0.478 e. The third kappa shape index (κ3) is 3.92. The lowest BCUT2D eigenvalue weighted by atomic mass is 10.1. The van der Waals surface area contributed by atoms with Crippen molar-refractivity contribution in [3.8, 4) is 10.7 Å². The van der Waals surface area contributed by atoms with Crippen molar-refractivity contribution in [1.29, 1.82) is 0 Å². The van der Waals surface area contributed by atoms with Gasteiger partial charge in [-0.25, -0.2) is 14.8 Å². The number of carbonyl (C=O) groups is 1. The van der Waals surface area contributed by atoms with Crippen LogP contribution in [-0.4, -0.2) is 21.0 Å². The van der Waals surface area contributed by atoms with Crippen LogP contribution in [0.5, 0.6) is 0 Å². The molecule has 5 nitrogen and oxygen atoms in total. The summed E-state index contributed by atoms with van der Waals surface area (Å²) in [5.74, 6) is 0.301. The third-order valence-electron chi connectivity index (χ3n) is 3.75. The summed E-state index contributed by atoms with van der Waals surface area (Å²) in [5, 5.41) is 12.3. The fourth-order valence-corrected chi connectivity index (χ4v) is 3.44. The Balaban J connectivity index is 2.01. The molecule has 2 N–H and O–H groups in total. The van der Waals surface area contributed by atoms with E-state index in [4.69, 9.17) is 16.7 Å². The summed E-state index contributed by atoms with van der Waals surface area (Å²) in [6, 6.07) is 10.2. The monoisotopic (exact) mass is 385 g/mol. The van der Waals surface area contributed by atoms with Gasteiger partial charge in [0.2, 0.25) is 0 Å². The van der Waals surface area contributed by atoms with Crippen LogP contribution >= 0.6 is 22.9 Å². The van der Waals surface area contributed by atoms with Gasteiger partial charge in [0.05, 0.1) is 14.8 Å². The van der Waals surface area contributed by atoms with Crippen molar-refractivity contribution >= 4 is 40.4 Å². The lowest BCUT2D eigenvalue weighted by Gasteiger charge is -2.14.